The van der Waals surface area contributed by atoms with Gasteiger partial charge in [-0.2, -0.15) is 13.2 Å². The van der Waals surface area contributed by atoms with Gasteiger partial charge in [0.05, 0.1) is 17.9 Å². The van der Waals surface area contributed by atoms with E-state index in [1.165, 1.54) is 19.1 Å². The van der Waals surface area contributed by atoms with E-state index in [0.717, 1.165) is 22.8 Å². The summed E-state index contributed by atoms with van der Waals surface area (Å²) >= 11 is -1.98. The van der Waals surface area contributed by atoms with Crippen LogP contribution in [0, 0.1) is 6.92 Å². The smallest absolute Gasteiger partial charge is 0.392 e. The Morgan fingerprint density at radius 2 is 1.74 bits per heavy atom. The molecular formula is C23H21F3N2O5S. The molecule has 11 heteroatoms. The third-order valence-electron chi connectivity index (χ3n) is 5.17. The van der Waals surface area contributed by atoms with Gasteiger partial charge in [-0.05, 0) is 47.9 Å². The molecule has 1 amide bonds. The molecule has 3 aromatic rings. The summed E-state index contributed by atoms with van der Waals surface area (Å²) in [4.78, 5) is 25.9. The Hall–Kier alpha value is -3.28. The summed E-state index contributed by atoms with van der Waals surface area (Å²) in [5.74, 6) is -0.796. The van der Waals surface area contributed by atoms with Crippen molar-refractivity contribution in [2.24, 2.45) is 0 Å². The van der Waals surface area contributed by atoms with Gasteiger partial charge in [0.1, 0.15) is 5.56 Å². The van der Waals surface area contributed by atoms with E-state index >= 15 is 0 Å². The number of aliphatic hydroxyl groups is 1. The minimum Gasteiger partial charge on any atom is -0.392 e. The second-order valence-electron chi connectivity index (χ2n) is 7.48. The van der Waals surface area contributed by atoms with Crippen molar-refractivity contribution in [3.63, 3.8) is 0 Å². The van der Waals surface area contributed by atoms with Gasteiger partial charge in [0.25, 0.3) is 11.5 Å². The number of aliphatic hydroxyl groups excluding tert-OH is 1. The average Bonchev–Trinajstić information content (AvgIpc) is 2.78. The molecule has 0 saturated heterocycles. The topological polar surface area (TPSA) is 109 Å². The number of halogens is 3. The maximum atomic E-state index is 13.2. The van der Waals surface area contributed by atoms with Crippen LogP contribution in [0.1, 0.15) is 38.3 Å². The average molecular weight is 494 g/mol. The highest BCUT2D eigenvalue weighted by Gasteiger charge is 2.31. The lowest BCUT2D eigenvalue weighted by atomic mass is 10.1. The predicted octanol–water partition coefficient (Wildman–Crippen LogP) is 3.31. The normalized spacial score (nSPS) is 12.4. The van der Waals surface area contributed by atoms with E-state index in [1.54, 1.807) is 24.3 Å². The maximum absolute atomic E-state index is 13.2. The molecule has 1 heterocycles. The summed E-state index contributed by atoms with van der Waals surface area (Å²) in [5.41, 5.74) is -0.487. The number of benzene rings is 2. The van der Waals surface area contributed by atoms with E-state index in [-0.39, 0.29) is 34.8 Å². The quantitative estimate of drug-likeness (QED) is 0.437. The van der Waals surface area contributed by atoms with E-state index in [0.29, 0.717) is 11.1 Å². The van der Waals surface area contributed by atoms with Gasteiger partial charge in [-0.3, -0.25) is 14.2 Å². The molecule has 0 aliphatic carbocycles. The number of hydrogen-bond donors (Lipinski definition) is 3. The summed E-state index contributed by atoms with van der Waals surface area (Å²) in [6.45, 7) is 0.974. The Kier molecular flexibility index (Phi) is 7.70. The molecule has 0 fully saturated rings. The lowest BCUT2D eigenvalue weighted by Crippen LogP contribution is -2.34. The van der Waals surface area contributed by atoms with Crippen molar-refractivity contribution < 1.29 is 31.8 Å². The molecule has 3 N–H and O–H groups in total. The van der Waals surface area contributed by atoms with Crippen LogP contribution in [0.4, 0.5) is 13.2 Å². The molecule has 34 heavy (non-hydrogen) atoms. The van der Waals surface area contributed by atoms with Crippen molar-refractivity contribution in [1.82, 2.24) is 9.88 Å². The Balaban J connectivity index is 1.93. The standard InChI is InChI=1S/C23H21F3N2O5S/c1-14-17(12-29)9-20(21(30)27-11-15-5-7-16(8-6-15)13-34(32)33)22(31)28(14)19-4-2-3-18(10-19)23(24,25)26/h2-10,29H,11-13H2,1H3,(H,27,30)(H,32,33). The molecule has 0 bridgehead atoms. The number of nitrogens with one attached hydrogen (secondary N) is 1. The summed E-state index contributed by atoms with van der Waals surface area (Å²) in [5, 5.41) is 12.3. The Bertz CT molecular complexity index is 1290. The van der Waals surface area contributed by atoms with Gasteiger partial charge in [0.2, 0.25) is 0 Å². The Morgan fingerprint density at radius 3 is 2.32 bits per heavy atom. The predicted molar refractivity (Wildman–Crippen MR) is 120 cm³/mol. The number of hydrogen-bond acceptors (Lipinski definition) is 4. The van der Waals surface area contributed by atoms with Crippen molar-refractivity contribution >= 4 is 17.0 Å². The first-order valence-electron chi connectivity index (χ1n) is 9.98. The summed E-state index contributed by atoms with van der Waals surface area (Å²) < 4.78 is 60.3. The number of carbonyl (C=O) groups is 1. The molecule has 0 saturated carbocycles. The minimum absolute atomic E-state index is 0.0327. The van der Waals surface area contributed by atoms with Crippen LogP contribution in [0.3, 0.4) is 0 Å². The number of carbonyl (C=O) groups excluding carboxylic acids is 1. The summed E-state index contributed by atoms with van der Waals surface area (Å²) in [7, 11) is 0. The molecule has 0 spiro atoms. The Morgan fingerprint density at radius 1 is 1.09 bits per heavy atom. The number of rotatable bonds is 7. The van der Waals surface area contributed by atoms with Crippen molar-refractivity contribution in [1.29, 1.82) is 0 Å². The van der Waals surface area contributed by atoms with E-state index in [9.17, 15) is 32.1 Å². The molecule has 180 valence electrons. The Labute approximate surface area is 195 Å². The second kappa shape index (κ2) is 10.3. The zero-order chi connectivity index (χ0) is 25.0. The molecule has 1 aromatic heterocycles. The minimum atomic E-state index is -4.62. The number of alkyl halides is 3. The van der Waals surface area contributed by atoms with Crippen LogP contribution in [0.5, 0.6) is 0 Å². The highest BCUT2D eigenvalue weighted by Crippen LogP contribution is 2.30. The first-order chi connectivity index (χ1) is 16.0. The SMILES string of the molecule is Cc1c(CO)cc(C(=O)NCc2ccc(CS(=O)O)cc2)c(=O)n1-c1cccc(C(F)(F)F)c1. The fraction of sp³-hybridized carbons (Fsp3) is 0.217. The molecule has 3 rings (SSSR count). The molecule has 0 aliphatic rings. The van der Waals surface area contributed by atoms with Crippen molar-refractivity contribution in [3.8, 4) is 5.69 Å². The maximum Gasteiger partial charge on any atom is 0.416 e. The number of aromatic nitrogens is 1. The molecule has 0 aliphatic heterocycles. The van der Waals surface area contributed by atoms with E-state index in [4.69, 9.17) is 4.55 Å². The van der Waals surface area contributed by atoms with E-state index in [1.807, 2.05) is 0 Å². The molecule has 1 unspecified atom stereocenters. The van der Waals surface area contributed by atoms with Crippen molar-refractivity contribution in [2.75, 3.05) is 0 Å². The van der Waals surface area contributed by atoms with Crippen LogP contribution in [0.2, 0.25) is 0 Å². The largest absolute Gasteiger partial charge is 0.416 e. The van der Waals surface area contributed by atoms with Crippen LogP contribution in [-0.2, 0) is 36.2 Å². The second-order valence-corrected chi connectivity index (χ2v) is 8.41. The van der Waals surface area contributed by atoms with Crippen LogP contribution in [0.25, 0.3) is 5.69 Å². The molecule has 0 radical (unpaired) electrons. The number of pyridine rings is 1. The van der Waals surface area contributed by atoms with Gasteiger partial charge in [-0.25, -0.2) is 4.21 Å². The summed E-state index contributed by atoms with van der Waals surface area (Å²) in [6.07, 6.45) is -4.62. The first kappa shape index (κ1) is 25.3. The number of amides is 1. The van der Waals surface area contributed by atoms with Crippen molar-refractivity contribution in [2.45, 2.75) is 32.0 Å². The van der Waals surface area contributed by atoms with Gasteiger partial charge < -0.3 is 15.0 Å². The van der Waals surface area contributed by atoms with Crippen LogP contribution in [-0.4, -0.2) is 24.3 Å². The fourth-order valence-electron chi connectivity index (χ4n) is 3.39. The van der Waals surface area contributed by atoms with Crippen LogP contribution >= 0.6 is 0 Å². The molecular weight excluding hydrogens is 473 g/mol. The van der Waals surface area contributed by atoms with Crippen LogP contribution < -0.4 is 10.9 Å². The highest BCUT2D eigenvalue weighted by atomic mass is 32.2. The van der Waals surface area contributed by atoms with Gasteiger partial charge in [0, 0.05) is 17.9 Å². The van der Waals surface area contributed by atoms with E-state index < -0.39 is 40.9 Å². The van der Waals surface area contributed by atoms with Crippen molar-refractivity contribution in [3.05, 3.63) is 98.5 Å². The fourth-order valence-corrected chi connectivity index (χ4v) is 3.86. The van der Waals surface area contributed by atoms with Gasteiger partial charge in [0.15, 0.2) is 11.1 Å². The highest BCUT2D eigenvalue weighted by molar-refractivity contribution is 7.78. The monoisotopic (exact) mass is 494 g/mol. The third kappa shape index (κ3) is 5.79. The van der Waals surface area contributed by atoms with Crippen LogP contribution in [0.15, 0.2) is 59.4 Å². The molecule has 7 nitrogen and oxygen atoms in total. The van der Waals surface area contributed by atoms with E-state index in [2.05, 4.69) is 5.32 Å². The number of nitrogens with zero attached hydrogens (tertiary/aromatic N) is 1. The zero-order valence-corrected chi connectivity index (χ0v) is 18.7. The molecule has 2 aromatic carbocycles. The van der Waals surface area contributed by atoms with Gasteiger partial charge in [-0.15, -0.1) is 0 Å². The lowest BCUT2D eigenvalue weighted by Gasteiger charge is -2.17. The molecule has 1 atom stereocenters. The lowest BCUT2D eigenvalue weighted by molar-refractivity contribution is -0.137. The summed E-state index contributed by atoms with van der Waals surface area (Å²) in [6, 6.07) is 11.9. The van der Waals surface area contributed by atoms with Gasteiger partial charge in [-0.1, -0.05) is 30.3 Å². The first-order valence-corrected chi connectivity index (χ1v) is 11.3. The zero-order valence-electron chi connectivity index (χ0n) is 17.9. The third-order valence-corrected chi connectivity index (χ3v) is 5.75. The van der Waals surface area contributed by atoms with Gasteiger partial charge >= 0.3 is 6.18 Å².